The van der Waals surface area contributed by atoms with E-state index in [0.29, 0.717) is 18.0 Å². The minimum atomic E-state index is -0.817. The number of H-pyrrole nitrogens is 1. The molecule has 0 radical (unpaired) electrons. The molecule has 0 aliphatic rings. The average Bonchev–Trinajstić information content (AvgIpc) is 2.33. The zero-order chi connectivity index (χ0) is 13.7. The molecule has 0 aliphatic heterocycles. The Hall–Kier alpha value is -1.61. The summed E-state index contributed by atoms with van der Waals surface area (Å²) in [6.07, 6.45) is 0.880. The third-order valence-corrected chi connectivity index (χ3v) is 3.41. The lowest BCUT2D eigenvalue weighted by molar-refractivity contribution is -0.121. The van der Waals surface area contributed by atoms with Gasteiger partial charge in [-0.3, -0.25) is 29.6 Å². The molecule has 1 unspecified atom stereocenters. The highest BCUT2D eigenvalue weighted by Gasteiger charge is 2.11. The number of hydrogen-bond acceptors (Lipinski definition) is 6. The Balaban J connectivity index is 2.67. The summed E-state index contributed by atoms with van der Waals surface area (Å²) in [6.45, 7) is 1.89. The van der Waals surface area contributed by atoms with Crippen molar-refractivity contribution >= 4 is 17.7 Å². The van der Waals surface area contributed by atoms with Gasteiger partial charge in [-0.1, -0.05) is 18.7 Å². The zero-order valence-electron chi connectivity index (χ0n) is 10.1. The Kier molecular flexibility index (Phi) is 5.10. The van der Waals surface area contributed by atoms with Gasteiger partial charge in [-0.2, -0.15) is 4.98 Å². The summed E-state index contributed by atoms with van der Waals surface area (Å²) in [6, 6.07) is 0. The normalized spacial score (nSPS) is 12.2. The molecule has 0 saturated heterocycles. The van der Waals surface area contributed by atoms with Crippen LogP contribution in [0.15, 0.2) is 14.7 Å². The van der Waals surface area contributed by atoms with Crippen LogP contribution in [-0.4, -0.2) is 25.9 Å². The number of hydrazine groups is 1. The first-order chi connectivity index (χ1) is 8.43. The van der Waals surface area contributed by atoms with Crippen molar-refractivity contribution in [3.05, 3.63) is 20.7 Å². The van der Waals surface area contributed by atoms with Crippen molar-refractivity contribution < 1.29 is 4.79 Å². The molecule has 0 saturated carbocycles. The van der Waals surface area contributed by atoms with Gasteiger partial charge in [-0.05, 0) is 6.42 Å². The van der Waals surface area contributed by atoms with Gasteiger partial charge in [0.2, 0.25) is 5.91 Å². The van der Waals surface area contributed by atoms with E-state index in [1.807, 2.05) is 12.3 Å². The lowest BCUT2D eigenvalue weighted by atomic mass is 10.2. The molecule has 0 aliphatic carbocycles. The van der Waals surface area contributed by atoms with E-state index < -0.39 is 11.1 Å². The van der Waals surface area contributed by atoms with Gasteiger partial charge in [-0.15, -0.1) is 0 Å². The first-order valence-corrected chi connectivity index (χ1v) is 6.15. The van der Waals surface area contributed by atoms with Crippen LogP contribution in [0.25, 0.3) is 0 Å². The number of rotatable bonds is 5. The first-order valence-electron chi connectivity index (χ1n) is 5.27. The Bertz CT molecular complexity index is 538. The van der Waals surface area contributed by atoms with Crippen molar-refractivity contribution in [3.63, 3.8) is 0 Å². The minimum absolute atomic E-state index is 0.0614. The van der Waals surface area contributed by atoms with Gasteiger partial charge in [0, 0.05) is 18.7 Å². The predicted molar refractivity (Wildman–Crippen MR) is 67.0 cm³/mol. The van der Waals surface area contributed by atoms with Crippen LogP contribution in [0.1, 0.15) is 19.8 Å². The Morgan fingerprint density at radius 3 is 2.89 bits per heavy atom. The molecule has 0 bridgehead atoms. The molecule has 1 rings (SSSR count). The molecule has 8 nitrogen and oxygen atoms in total. The van der Waals surface area contributed by atoms with E-state index in [9.17, 15) is 14.4 Å². The van der Waals surface area contributed by atoms with E-state index in [-0.39, 0.29) is 11.2 Å². The highest BCUT2D eigenvalue weighted by molar-refractivity contribution is 7.99. The number of hydrogen-bond donors (Lipinski definition) is 3. The topological polar surface area (TPSA) is 123 Å². The van der Waals surface area contributed by atoms with E-state index in [4.69, 9.17) is 5.84 Å². The zero-order valence-corrected chi connectivity index (χ0v) is 10.9. The Morgan fingerprint density at radius 2 is 2.28 bits per heavy atom. The van der Waals surface area contributed by atoms with Crippen molar-refractivity contribution in [2.75, 3.05) is 0 Å². The summed E-state index contributed by atoms with van der Waals surface area (Å²) >= 11 is 1.31. The summed E-state index contributed by atoms with van der Waals surface area (Å²) in [5, 5.41) is 2.82. The van der Waals surface area contributed by atoms with E-state index in [1.54, 1.807) is 7.05 Å². The maximum Gasteiger partial charge on any atom is 0.339 e. The molecule has 0 aromatic carbocycles. The molecule has 9 heteroatoms. The number of carbonyl (C=O) groups excluding carboxylic acids is 1. The number of nitrogens with two attached hydrogens (primary N) is 1. The molecule has 1 aromatic heterocycles. The van der Waals surface area contributed by atoms with E-state index in [0.717, 1.165) is 0 Å². The van der Waals surface area contributed by atoms with Gasteiger partial charge in [-0.25, -0.2) is 5.84 Å². The number of thioether (sulfide) groups is 1. The standard InChI is InChI=1S/C9H15N5O3S/c1-5(3-4-6(15)12-10)18-9-11-7(16)8(17)13-14(9)2/h5H,3-4,10H2,1-2H3,(H,12,15)(H,13,17). The quantitative estimate of drug-likeness (QED) is 0.202. The lowest BCUT2D eigenvalue weighted by Crippen LogP contribution is -2.34. The van der Waals surface area contributed by atoms with Crippen LogP contribution < -0.4 is 22.4 Å². The molecule has 18 heavy (non-hydrogen) atoms. The smallest absolute Gasteiger partial charge is 0.294 e. The maximum absolute atomic E-state index is 11.1. The second-order valence-electron chi connectivity index (χ2n) is 3.73. The summed E-state index contributed by atoms with van der Waals surface area (Å²) < 4.78 is 1.38. The second kappa shape index (κ2) is 6.36. The van der Waals surface area contributed by atoms with Gasteiger partial charge >= 0.3 is 11.1 Å². The average molecular weight is 273 g/mol. The molecule has 100 valence electrons. The molecule has 0 fully saturated rings. The number of amides is 1. The minimum Gasteiger partial charge on any atom is -0.294 e. The van der Waals surface area contributed by atoms with Crippen LogP contribution in [-0.2, 0) is 11.8 Å². The molecule has 1 heterocycles. The summed E-state index contributed by atoms with van der Waals surface area (Å²) in [7, 11) is 1.59. The highest BCUT2D eigenvalue weighted by Crippen LogP contribution is 2.21. The van der Waals surface area contributed by atoms with E-state index in [2.05, 4.69) is 10.1 Å². The molecule has 1 aromatic rings. The third-order valence-electron chi connectivity index (χ3n) is 2.19. The molecule has 1 atom stereocenters. The predicted octanol–water partition coefficient (Wildman–Crippen LogP) is -1.28. The fourth-order valence-electron chi connectivity index (χ4n) is 1.21. The number of nitrogens with one attached hydrogen (secondary N) is 2. The number of aryl methyl sites for hydroxylation is 1. The largest absolute Gasteiger partial charge is 0.339 e. The van der Waals surface area contributed by atoms with E-state index in [1.165, 1.54) is 16.4 Å². The Morgan fingerprint density at radius 1 is 1.61 bits per heavy atom. The number of aromatic nitrogens is 3. The van der Waals surface area contributed by atoms with Crippen LogP contribution in [0.4, 0.5) is 0 Å². The summed E-state index contributed by atoms with van der Waals surface area (Å²) in [5.41, 5.74) is 0.476. The maximum atomic E-state index is 11.1. The molecule has 1 amide bonds. The van der Waals surface area contributed by atoms with Crippen molar-refractivity contribution in [2.24, 2.45) is 12.9 Å². The summed E-state index contributed by atoms with van der Waals surface area (Å²) in [5.74, 6) is 4.72. The van der Waals surface area contributed by atoms with Crippen molar-refractivity contribution in [2.45, 2.75) is 30.2 Å². The first kappa shape index (κ1) is 14.5. The number of nitrogens with zero attached hydrogens (tertiary/aromatic N) is 2. The fraction of sp³-hybridized carbons (Fsp3) is 0.556. The summed E-state index contributed by atoms with van der Waals surface area (Å²) in [4.78, 5) is 36.8. The van der Waals surface area contributed by atoms with Gasteiger partial charge in [0.25, 0.3) is 0 Å². The number of carbonyl (C=O) groups is 1. The molecule has 0 spiro atoms. The van der Waals surface area contributed by atoms with Crippen LogP contribution in [0.2, 0.25) is 0 Å². The van der Waals surface area contributed by atoms with Gasteiger partial charge < -0.3 is 0 Å². The second-order valence-corrected chi connectivity index (χ2v) is 5.14. The lowest BCUT2D eigenvalue weighted by Gasteiger charge is -2.11. The monoisotopic (exact) mass is 273 g/mol. The van der Waals surface area contributed by atoms with Gasteiger partial charge in [0.15, 0.2) is 5.16 Å². The van der Waals surface area contributed by atoms with Crippen LogP contribution in [0.5, 0.6) is 0 Å². The number of aromatic amines is 1. The van der Waals surface area contributed by atoms with Crippen molar-refractivity contribution in [3.8, 4) is 0 Å². The van der Waals surface area contributed by atoms with Gasteiger partial charge in [0.05, 0.1) is 0 Å². The molecular formula is C9H15N5O3S. The van der Waals surface area contributed by atoms with Crippen LogP contribution in [0.3, 0.4) is 0 Å². The SMILES string of the molecule is CC(CCC(=O)NN)Sc1nc(=O)c(=O)[nH]n1C. The fourth-order valence-corrected chi connectivity index (χ4v) is 2.15. The van der Waals surface area contributed by atoms with Crippen LogP contribution >= 0.6 is 11.8 Å². The Labute approximate surface area is 107 Å². The van der Waals surface area contributed by atoms with Gasteiger partial charge in [0.1, 0.15) is 0 Å². The molecule has 4 N–H and O–H groups in total. The van der Waals surface area contributed by atoms with Crippen LogP contribution in [0, 0.1) is 0 Å². The molecular weight excluding hydrogens is 258 g/mol. The third kappa shape index (κ3) is 4.00. The van der Waals surface area contributed by atoms with Crippen molar-refractivity contribution in [1.29, 1.82) is 0 Å². The van der Waals surface area contributed by atoms with E-state index >= 15 is 0 Å². The highest BCUT2D eigenvalue weighted by atomic mass is 32.2. The van der Waals surface area contributed by atoms with Crippen molar-refractivity contribution in [1.82, 2.24) is 20.2 Å².